The quantitative estimate of drug-likeness (QED) is 0.110. The number of rotatable bonds is 10. The maximum absolute atomic E-state index is 13.2. The van der Waals surface area contributed by atoms with E-state index in [2.05, 4.69) is 16.0 Å². The summed E-state index contributed by atoms with van der Waals surface area (Å²) >= 11 is 7.32. The highest BCUT2D eigenvalue weighted by atomic mass is 35.5. The maximum atomic E-state index is 13.2. The van der Waals surface area contributed by atoms with Crippen LogP contribution in [0.3, 0.4) is 0 Å². The van der Waals surface area contributed by atoms with E-state index in [0.717, 1.165) is 4.90 Å². The van der Waals surface area contributed by atoms with Gasteiger partial charge in [-0.2, -0.15) is 0 Å². The number of thioether (sulfide) groups is 1. The van der Waals surface area contributed by atoms with Gasteiger partial charge in [0, 0.05) is 32.4 Å². The molecule has 0 spiro atoms. The fraction of sp³-hybridized carbons (Fsp3) is 0.0625. The number of ketones is 1. The Labute approximate surface area is 247 Å². The molecular weight excluding hydrogens is 558 g/mol. The lowest BCUT2D eigenvalue weighted by Crippen LogP contribution is -2.30. The van der Waals surface area contributed by atoms with Crippen LogP contribution in [0, 0.1) is 0 Å². The van der Waals surface area contributed by atoms with Gasteiger partial charge in [0.2, 0.25) is 5.91 Å². The average molecular weight is 584 g/mol. The molecule has 0 atom stereocenters. The number of nitrogens with one attached hydrogen (secondary N) is 3. The summed E-state index contributed by atoms with van der Waals surface area (Å²) < 4.78 is 0. The molecule has 0 bridgehead atoms. The first-order valence-corrected chi connectivity index (χ1v) is 13.9. The lowest BCUT2D eigenvalue weighted by molar-refractivity contribution is -0.114. The normalized spacial score (nSPS) is 10.9. The molecule has 4 aromatic carbocycles. The van der Waals surface area contributed by atoms with Crippen molar-refractivity contribution in [1.82, 2.24) is 5.32 Å². The van der Waals surface area contributed by atoms with Crippen LogP contribution in [-0.4, -0.2) is 29.3 Å². The second-order valence-corrected chi connectivity index (χ2v) is 10.4. The standard InChI is InChI=1S/C32H26ClN3O4S/c1-21(37)23-9-13-26(14-10-23)34-30(38)20-41-28-17-15-27(16-18-28)35-32(40)29(19-22-7-11-25(33)12-8-22)36-31(39)24-5-3-2-4-6-24/h2-19H,20H2,1H3,(H,34,38)(H,35,40)(H,36,39)/b29-19-. The Balaban J connectivity index is 1.37. The first-order chi connectivity index (χ1) is 19.8. The highest BCUT2D eigenvalue weighted by Crippen LogP contribution is 2.22. The largest absolute Gasteiger partial charge is 0.325 e. The van der Waals surface area contributed by atoms with Crippen LogP contribution < -0.4 is 16.0 Å². The van der Waals surface area contributed by atoms with Gasteiger partial charge in [-0.25, -0.2) is 0 Å². The predicted octanol–water partition coefficient (Wildman–Crippen LogP) is 6.68. The summed E-state index contributed by atoms with van der Waals surface area (Å²) in [7, 11) is 0. The monoisotopic (exact) mass is 583 g/mol. The van der Waals surface area contributed by atoms with Crippen LogP contribution in [0.25, 0.3) is 6.08 Å². The molecule has 4 rings (SSSR count). The highest BCUT2D eigenvalue weighted by molar-refractivity contribution is 8.00. The van der Waals surface area contributed by atoms with Gasteiger partial charge in [0.1, 0.15) is 5.70 Å². The van der Waals surface area contributed by atoms with Crippen LogP contribution in [0.2, 0.25) is 5.02 Å². The van der Waals surface area contributed by atoms with E-state index in [1.165, 1.54) is 18.7 Å². The summed E-state index contributed by atoms with van der Waals surface area (Å²) in [5.74, 6) is -0.960. The average Bonchev–Trinajstić information content (AvgIpc) is 2.98. The third kappa shape index (κ3) is 8.93. The number of anilines is 2. The van der Waals surface area contributed by atoms with E-state index in [0.29, 0.717) is 33.1 Å². The zero-order valence-electron chi connectivity index (χ0n) is 22.0. The van der Waals surface area contributed by atoms with Crippen molar-refractivity contribution in [3.8, 4) is 0 Å². The number of hydrogen-bond donors (Lipinski definition) is 3. The molecule has 9 heteroatoms. The van der Waals surface area contributed by atoms with Crippen LogP contribution >= 0.6 is 23.4 Å². The van der Waals surface area contributed by atoms with E-state index in [1.54, 1.807) is 109 Å². The molecule has 41 heavy (non-hydrogen) atoms. The SMILES string of the molecule is CC(=O)c1ccc(NC(=O)CSc2ccc(NC(=O)/C(=C/c3ccc(Cl)cc3)NC(=O)c3ccccc3)cc2)cc1. The molecule has 0 radical (unpaired) electrons. The molecule has 0 saturated heterocycles. The number of carbonyl (C=O) groups excluding carboxylic acids is 4. The molecule has 3 amide bonds. The van der Waals surface area contributed by atoms with Crippen molar-refractivity contribution in [2.24, 2.45) is 0 Å². The van der Waals surface area contributed by atoms with Crippen molar-refractivity contribution in [3.63, 3.8) is 0 Å². The lowest BCUT2D eigenvalue weighted by Gasteiger charge is -2.12. The number of carbonyl (C=O) groups is 4. The summed E-state index contributed by atoms with van der Waals surface area (Å²) in [6.07, 6.45) is 1.57. The second-order valence-electron chi connectivity index (χ2n) is 8.88. The van der Waals surface area contributed by atoms with Crippen LogP contribution in [0.4, 0.5) is 11.4 Å². The first kappa shape index (κ1) is 29.3. The van der Waals surface area contributed by atoms with Gasteiger partial charge in [-0.3, -0.25) is 19.2 Å². The molecule has 0 fully saturated rings. The van der Waals surface area contributed by atoms with E-state index in [4.69, 9.17) is 11.6 Å². The van der Waals surface area contributed by atoms with Crippen molar-refractivity contribution in [2.75, 3.05) is 16.4 Å². The Morgan fingerprint density at radius 2 is 1.34 bits per heavy atom. The fourth-order valence-corrected chi connectivity index (χ4v) is 4.46. The van der Waals surface area contributed by atoms with E-state index in [1.807, 2.05) is 0 Å². The molecule has 0 aliphatic carbocycles. The van der Waals surface area contributed by atoms with Gasteiger partial charge in [0.05, 0.1) is 5.75 Å². The molecule has 0 aliphatic heterocycles. The zero-order valence-corrected chi connectivity index (χ0v) is 23.6. The minimum absolute atomic E-state index is 0.0381. The molecule has 206 valence electrons. The number of Topliss-reactive ketones (excluding diaryl/α,β-unsaturated/α-hetero) is 1. The van der Waals surface area contributed by atoms with Crippen molar-refractivity contribution < 1.29 is 19.2 Å². The Hall–Kier alpha value is -4.66. The van der Waals surface area contributed by atoms with Gasteiger partial charge < -0.3 is 16.0 Å². The molecule has 0 aliphatic rings. The number of amides is 3. The van der Waals surface area contributed by atoms with Gasteiger partial charge in [0.25, 0.3) is 11.8 Å². The fourth-order valence-electron chi connectivity index (χ4n) is 3.64. The van der Waals surface area contributed by atoms with Gasteiger partial charge in [0.15, 0.2) is 5.78 Å². The first-order valence-electron chi connectivity index (χ1n) is 12.6. The van der Waals surface area contributed by atoms with E-state index >= 15 is 0 Å². The summed E-state index contributed by atoms with van der Waals surface area (Å²) in [5, 5.41) is 8.87. The number of benzene rings is 4. The van der Waals surface area contributed by atoms with Crippen molar-refractivity contribution in [1.29, 1.82) is 0 Å². The molecule has 7 nitrogen and oxygen atoms in total. The van der Waals surface area contributed by atoms with Crippen LogP contribution in [0.5, 0.6) is 0 Å². The van der Waals surface area contributed by atoms with Crippen molar-refractivity contribution in [3.05, 3.63) is 131 Å². The van der Waals surface area contributed by atoms with Crippen LogP contribution in [0.15, 0.2) is 114 Å². The Bertz CT molecular complexity index is 1570. The van der Waals surface area contributed by atoms with E-state index in [-0.39, 0.29) is 23.1 Å². The van der Waals surface area contributed by atoms with Crippen LogP contribution in [0.1, 0.15) is 33.2 Å². The van der Waals surface area contributed by atoms with E-state index in [9.17, 15) is 19.2 Å². The summed E-state index contributed by atoms with van der Waals surface area (Å²) in [4.78, 5) is 50.5. The summed E-state index contributed by atoms with van der Waals surface area (Å²) in [6.45, 7) is 1.49. The Kier molecular flexibility index (Phi) is 10.1. The summed E-state index contributed by atoms with van der Waals surface area (Å²) in [5.41, 5.74) is 2.88. The van der Waals surface area contributed by atoms with E-state index < -0.39 is 11.8 Å². The highest BCUT2D eigenvalue weighted by Gasteiger charge is 2.15. The molecular formula is C32H26ClN3O4S. The smallest absolute Gasteiger partial charge is 0.272 e. The van der Waals surface area contributed by atoms with Crippen molar-refractivity contribution >= 4 is 64.3 Å². The summed E-state index contributed by atoms with van der Waals surface area (Å²) in [6, 6.07) is 29.2. The molecule has 0 unspecified atom stereocenters. The van der Waals surface area contributed by atoms with Gasteiger partial charge in [-0.1, -0.05) is 41.9 Å². The molecule has 0 aromatic heterocycles. The molecule has 0 saturated carbocycles. The van der Waals surface area contributed by atoms with Gasteiger partial charge in [-0.05, 0) is 91.4 Å². The Morgan fingerprint density at radius 3 is 1.98 bits per heavy atom. The van der Waals surface area contributed by atoms with Gasteiger partial charge in [-0.15, -0.1) is 11.8 Å². The second kappa shape index (κ2) is 14.1. The van der Waals surface area contributed by atoms with Gasteiger partial charge >= 0.3 is 0 Å². The third-order valence-electron chi connectivity index (χ3n) is 5.77. The lowest BCUT2D eigenvalue weighted by atomic mass is 10.1. The number of halogens is 1. The maximum Gasteiger partial charge on any atom is 0.272 e. The minimum atomic E-state index is -0.500. The Morgan fingerprint density at radius 1 is 0.732 bits per heavy atom. The molecule has 3 N–H and O–H groups in total. The molecule has 4 aromatic rings. The minimum Gasteiger partial charge on any atom is -0.325 e. The zero-order chi connectivity index (χ0) is 29.2. The third-order valence-corrected chi connectivity index (χ3v) is 7.03. The van der Waals surface area contributed by atoms with Crippen molar-refractivity contribution in [2.45, 2.75) is 11.8 Å². The molecule has 0 heterocycles. The topological polar surface area (TPSA) is 104 Å². The number of hydrogen-bond acceptors (Lipinski definition) is 5. The predicted molar refractivity (Wildman–Crippen MR) is 164 cm³/mol. The van der Waals surface area contributed by atoms with Crippen LogP contribution in [-0.2, 0) is 9.59 Å².